The van der Waals surface area contributed by atoms with Crippen molar-refractivity contribution in [3.8, 4) is 0 Å². The van der Waals surface area contributed by atoms with Crippen LogP contribution < -0.4 is 5.32 Å². The maximum Gasteiger partial charge on any atom is 0.258 e. The summed E-state index contributed by atoms with van der Waals surface area (Å²) in [6.07, 6.45) is 0. The van der Waals surface area contributed by atoms with Crippen molar-refractivity contribution >= 4 is 0 Å². The molecule has 0 unspecified atom stereocenters. The summed E-state index contributed by atoms with van der Waals surface area (Å²) >= 11 is 0. The molecule has 0 atom stereocenters. The van der Waals surface area contributed by atoms with Gasteiger partial charge in [0.15, 0.2) is 0 Å². The maximum absolute atomic E-state index is 9.39. The van der Waals surface area contributed by atoms with E-state index in [0.717, 1.165) is 0 Å². The zero-order valence-electron chi connectivity index (χ0n) is 3.63. The molecule has 0 aliphatic heterocycles. The first-order valence-electron chi connectivity index (χ1n) is 1.70. The Morgan fingerprint density at radius 2 is 2.43 bits per heavy atom. The van der Waals surface area contributed by atoms with Crippen LogP contribution in [0.3, 0.4) is 0 Å². The second kappa shape index (κ2) is 3.51. The van der Waals surface area contributed by atoms with Gasteiger partial charge in [-0.1, -0.05) is 0 Å². The monoisotopic (exact) mass is 106 g/mol. The van der Waals surface area contributed by atoms with Crippen LogP contribution in [-0.2, 0) is 0 Å². The summed E-state index contributed by atoms with van der Waals surface area (Å²) in [7, 11) is 0. The molecule has 0 saturated heterocycles. The lowest BCUT2D eigenvalue weighted by Crippen LogP contribution is -2.22. The van der Waals surface area contributed by atoms with E-state index in [-0.39, 0.29) is 13.4 Å². The number of hydrogen-bond donors (Lipinski definition) is 2. The highest BCUT2D eigenvalue weighted by molar-refractivity contribution is 4.17. The summed E-state index contributed by atoms with van der Waals surface area (Å²) < 4.78 is 0. The second-order valence-electron chi connectivity index (χ2n) is 0.899. The largest absolute Gasteiger partial charge is 0.381 e. The SMILES string of the molecule is O=[N+]([O-])CNCO. The zero-order chi connectivity index (χ0) is 5.70. The van der Waals surface area contributed by atoms with Crippen molar-refractivity contribution in [1.29, 1.82) is 0 Å². The molecular weight excluding hydrogens is 100 g/mol. The average molecular weight is 106 g/mol. The molecular formula is C2H6N2O3. The van der Waals surface area contributed by atoms with Crippen molar-refractivity contribution in [2.75, 3.05) is 13.4 Å². The summed E-state index contributed by atoms with van der Waals surface area (Å²) in [5.74, 6) is 0. The molecule has 0 aromatic rings. The Bertz CT molecular complexity index is 64.0. The quantitative estimate of drug-likeness (QED) is 0.268. The smallest absolute Gasteiger partial charge is 0.258 e. The van der Waals surface area contributed by atoms with E-state index >= 15 is 0 Å². The van der Waals surface area contributed by atoms with Gasteiger partial charge in [-0.3, -0.25) is 10.1 Å². The van der Waals surface area contributed by atoms with Crippen LogP contribution in [0.1, 0.15) is 0 Å². The molecule has 0 aliphatic rings. The third-order valence-electron chi connectivity index (χ3n) is 0.353. The first-order chi connectivity index (χ1) is 3.27. The molecule has 7 heavy (non-hydrogen) atoms. The molecule has 0 aliphatic carbocycles. The van der Waals surface area contributed by atoms with Crippen molar-refractivity contribution in [3.05, 3.63) is 10.1 Å². The van der Waals surface area contributed by atoms with Crippen molar-refractivity contribution in [2.45, 2.75) is 0 Å². The van der Waals surface area contributed by atoms with Gasteiger partial charge in [-0.25, -0.2) is 5.32 Å². The number of hydrogen-bond acceptors (Lipinski definition) is 4. The minimum atomic E-state index is -0.559. The molecule has 0 aromatic carbocycles. The number of nitro groups is 1. The van der Waals surface area contributed by atoms with Gasteiger partial charge < -0.3 is 5.11 Å². The highest BCUT2D eigenvalue weighted by Crippen LogP contribution is 1.57. The normalized spacial score (nSPS) is 8.71. The molecule has 42 valence electrons. The van der Waals surface area contributed by atoms with Crippen LogP contribution in [0.2, 0.25) is 0 Å². The molecule has 0 amide bonds. The van der Waals surface area contributed by atoms with Gasteiger partial charge in [-0.05, 0) is 0 Å². The predicted molar refractivity (Wildman–Crippen MR) is 22.1 cm³/mol. The van der Waals surface area contributed by atoms with Crippen molar-refractivity contribution in [3.63, 3.8) is 0 Å². The minimum absolute atomic E-state index is 0.346. The number of nitrogens with one attached hydrogen (secondary N) is 1. The van der Waals surface area contributed by atoms with Gasteiger partial charge in [0.2, 0.25) is 0 Å². The second-order valence-corrected chi connectivity index (χ2v) is 0.899. The van der Waals surface area contributed by atoms with Crippen LogP contribution in [0.5, 0.6) is 0 Å². The van der Waals surface area contributed by atoms with Gasteiger partial charge in [0.25, 0.3) is 6.67 Å². The lowest BCUT2D eigenvalue weighted by Gasteiger charge is -1.88. The Morgan fingerprint density at radius 3 is 2.57 bits per heavy atom. The standard InChI is InChI=1S/C2H6N2O3/c5-2-3-1-4(6)7/h3,5H,1-2H2. The number of aliphatic hydroxyl groups excluding tert-OH is 1. The van der Waals surface area contributed by atoms with Gasteiger partial charge in [-0.2, -0.15) is 0 Å². The topological polar surface area (TPSA) is 75.4 Å². The lowest BCUT2D eigenvalue weighted by atomic mass is 11.0. The molecule has 2 N–H and O–H groups in total. The first kappa shape index (κ1) is 6.32. The summed E-state index contributed by atoms with van der Waals surface area (Å²) in [5.41, 5.74) is 0. The third-order valence-corrected chi connectivity index (χ3v) is 0.353. The summed E-state index contributed by atoms with van der Waals surface area (Å²) in [6.45, 7) is -0.725. The number of aliphatic hydroxyl groups is 1. The average Bonchev–Trinajstić information content (AvgIpc) is 1.61. The zero-order valence-corrected chi connectivity index (χ0v) is 3.63. The van der Waals surface area contributed by atoms with E-state index in [1.165, 1.54) is 0 Å². The summed E-state index contributed by atoms with van der Waals surface area (Å²) in [5, 5.41) is 19.4. The van der Waals surface area contributed by atoms with E-state index in [1.54, 1.807) is 0 Å². The van der Waals surface area contributed by atoms with E-state index in [9.17, 15) is 10.1 Å². The fourth-order valence-corrected chi connectivity index (χ4v) is 0.141. The van der Waals surface area contributed by atoms with E-state index in [1.807, 2.05) is 0 Å². The van der Waals surface area contributed by atoms with Crippen molar-refractivity contribution in [2.24, 2.45) is 0 Å². The van der Waals surface area contributed by atoms with Crippen LogP contribution >= 0.6 is 0 Å². The molecule has 5 nitrogen and oxygen atoms in total. The number of nitrogens with zero attached hydrogens (tertiary/aromatic N) is 1. The van der Waals surface area contributed by atoms with E-state index < -0.39 is 4.92 Å². The van der Waals surface area contributed by atoms with Gasteiger partial charge in [0.1, 0.15) is 0 Å². The van der Waals surface area contributed by atoms with E-state index in [2.05, 4.69) is 5.32 Å². The van der Waals surface area contributed by atoms with E-state index in [0.29, 0.717) is 0 Å². The van der Waals surface area contributed by atoms with Crippen molar-refractivity contribution < 1.29 is 10.0 Å². The number of rotatable bonds is 3. The van der Waals surface area contributed by atoms with Gasteiger partial charge in [-0.15, -0.1) is 0 Å². The molecule has 5 heteroatoms. The third kappa shape index (κ3) is 5.32. The van der Waals surface area contributed by atoms with Crippen LogP contribution in [0.4, 0.5) is 0 Å². The Hall–Kier alpha value is -0.680. The van der Waals surface area contributed by atoms with E-state index in [4.69, 9.17) is 5.11 Å². The molecule has 0 bridgehead atoms. The maximum atomic E-state index is 9.39. The summed E-state index contributed by atoms with van der Waals surface area (Å²) in [6, 6.07) is 0. The Kier molecular flexibility index (Phi) is 3.17. The van der Waals surface area contributed by atoms with Crippen LogP contribution in [0.15, 0.2) is 0 Å². The summed E-state index contributed by atoms with van der Waals surface area (Å²) in [4.78, 5) is 8.83. The highest BCUT2D eigenvalue weighted by Gasteiger charge is 1.88. The highest BCUT2D eigenvalue weighted by atomic mass is 16.6. The van der Waals surface area contributed by atoms with Crippen LogP contribution in [-0.4, -0.2) is 23.4 Å². The Morgan fingerprint density at radius 1 is 1.86 bits per heavy atom. The fourth-order valence-electron chi connectivity index (χ4n) is 0.141. The van der Waals surface area contributed by atoms with Crippen molar-refractivity contribution in [1.82, 2.24) is 5.32 Å². The van der Waals surface area contributed by atoms with Gasteiger partial charge in [0, 0.05) is 4.92 Å². The predicted octanol–water partition coefficient (Wildman–Crippen LogP) is -1.24. The fraction of sp³-hybridized carbons (Fsp3) is 1.00. The molecule has 0 rings (SSSR count). The van der Waals surface area contributed by atoms with Crippen LogP contribution in [0, 0.1) is 10.1 Å². The Balaban J connectivity index is 2.82. The van der Waals surface area contributed by atoms with Gasteiger partial charge >= 0.3 is 0 Å². The van der Waals surface area contributed by atoms with Gasteiger partial charge in [0.05, 0.1) is 6.73 Å². The molecule has 0 aromatic heterocycles. The van der Waals surface area contributed by atoms with Crippen LogP contribution in [0.25, 0.3) is 0 Å². The molecule has 0 heterocycles. The molecule has 0 spiro atoms. The molecule has 0 saturated carbocycles. The molecule has 0 radical (unpaired) electrons. The molecule has 0 fully saturated rings. The minimum Gasteiger partial charge on any atom is -0.381 e. The first-order valence-corrected chi connectivity index (χ1v) is 1.70. The Labute approximate surface area is 40.1 Å². The lowest BCUT2D eigenvalue weighted by molar-refractivity contribution is -0.486.